The number of hydrogen-bond donors (Lipinski definition) is 4. The molecule has 188 valence electrons. The summed E-state index contributed by atoms with van der Waals surface area (Å²) < 4.78 is 5.60. The number of aryl methyl sites for hydroxylation is 1. The van der Waals surface area contributed by atoms with E-state index in [4.69, 9.17) is 24.5 Å². The second kappa shape index (κ2) is 14.1. The molecular formula is C24H30N4O6S. The number of fused-ring (bicyclic) bond motifs is 1. The molecule has 0 spiro atoms. The molecule has 0 radical (unpaired) electrons. The summed E-state index contributed by atoms with van der Waals surface area (Å²) in [4.78, 5) is 42.2. The predicted octanol–water partition coefficient (Wildman–Crippen LogP) is 2.91. The van der Waals surface area contributed by atoms with Crippen LogP contribution in [0.5, 0.6) is 0 Å². The molecule has 0 unspecified atom stereocenters. The molecule has 1 aromatic carbocycles. The number of carbonyl (C=O) groups excluding carboxylic acids is 1. The van der Waals surface area contributed by atoms with Gasteiger partial charge in [-0.3, -0.25) is 19.4 Å². The Morgan fingerprint density at radius 3 is 2.43 bits per heavy atom. The van der Waals surface area contributed by atoms with E-state index in [-0.39, 0.29) is 17.9 Å². The van der Waals surface area contributed by atoms with E-state index in [9.17, 15) is 4.79 Å². The Labute approximate surface area is 207 Å². The highest BCUT2D eigenvalue weighted by Crippen LogP contribution is 2.22. The lowest BCUT2D eigenvalue weighted by atomic mass is 9.95. The maximum Gasteiger partial charge on any atom is 0.300 e. The average Bonchev–Trinajstić information content (AvgIpc) is 3.38. The van der Waals surface area contributed by atoms with Gasteiger partial charge in [0.2, 0.25) is 5.91 Å². The van der Waals surface area contributed by atoms with Gasteiger partial charge in [-0.15, -0.1) is 0 Å². The predicted molar refractivity (Wildman–Crippen MR) is 132 cm³/mol. The van der Waals surface area contributed by atoms with Crippen molar-refractivity contribution in [2.45, 2.75) is 38.4 Å². The molecule has 10 nitrogen and oxygen atoms in total. The fraction of sp³-hybridized carbons (Fsp3) is 0.375. The zero-order valence-electron chi connectivity index (χ0n) is 19.9. The molecule has 2 atom stereocenters. The number of carboxylic acids is 2. The quantitative estimate of drug-likeness (QED) is 0.372. The van der Waals surface area contributed by atoms with Crippen LogP contribution in [0.25, 0.3) is 11.0 Å². The summed E-state index contributed by atoms with van der Waals surface area (Å²) in [6.07, 6.45) is 4.47. The van der Waals surface area contributed by atoms with Gasteiger partial charge in [-0.25, -0.2) is 4.98 Å². The minimum atomic E-state index is -0.833. The molecule has 1 fully saturated rings. The third-order valence-corrected chi connectivity index (χ3v) is 5.62. The van der Waals surface area contributed by atoms with Crippen LogP contribution in [0.4, 0.5) is 0 Å². The molecule has 3 aromatic rings. The number of H-pyrrole nitrogens is 1. The number of ether oxygens (including phenoxy) is 1. The molecule has 0 bridgehead atoms. The number of imidazole rings is 1. The Morgan fingerprint density at radius 1 is 1.11 bits per heavy atom. The number of nitrogens with zero attached hydrogens (tertiary/aromatic N) is 2. The fourth-order valence-electron chi connectivity index (χ4n) is 3.33. The Balaban J connectivity index is 0.000000473. The number of thioether (sulfide) groups is 1. The van der Waals surface area contributed by atoms with E-state index in [1.165, 1.54) is 22.9 Å². The normalized spacial score (nSPS) is 16.4. The van der Waals surface area contributed by atoms with Crippen molar-refractivity contribution >= 4 is 40.6 Å². The van der Waals surface area contributed by atoms with Crippen LogP contribution in [-0.4, -0.2) is 68.0 Å². The van der Waals surface area contributed by atoms with Crippen LogP contribution in [0.1, 0.15) is 25.0 Å². The summed E-state index contributed by atoms with van der Waals surface area (Å²) in [5, 5.41) is 18.7. The number of carbonyl (C=O) groups is 3. The summed E-state index contributed by atoms with van der Waals surface area (Å²) >= 11 is 1.42. The van der Waals surface area contributed by atoms with Gasteiger partial charge in [0.05, 0.1) is 36.0 Å². The second-order valence-corrected chi connectivity index (χ2v) is 8.88. The van der Waals surface area contributed by atoms with E-state index in [1.54, 1.807) is 12.4 Å². The SMILES string of the molecule is CC(=O)O.CC(=O)O.Cc1ccc2nc(SCC(=O)N[C@@H]3COC[C@H]3Cc3ccncc3)[nH]c2c1. The largest absolute Gasteiger partial charge is 0.481 e. The van der Waals surface area contributed by atoms with Crippen LogP contribution >= 0.6 is 11.8 Å². The van der Waals surface area contributed by atoms with Gasteiger partial charge in [-0.2, -0.15) is 0 Å². The number of hydrogen-bond acceptors (Lipinski definition) is 7. The van der Waals surface area contributed by atoms with Crippen molar-refractivity contribution in [3.8, 4) is 0 Å². The maximum absolute atomic E-state index is 12.4. The van der Waals surface area contributed by atoms with E-state index >= 15 is 0 Å². The molecule has 1 aliphatic rings. The van der Waals surface area contributed by atoms with E-state index in [0.29, 0.717) is 19.0 Å². The molecule has 1 amide bonds. The third-order valence-electron chi connectivity index (χ3n) is 4.75. The Morgan fingerprint density at radius 2 is 1.77 bits per heavy atom. The van der Waals surface area contributed by atoms with Crippen molar-refractivity contribution in [3.63, 3.8) is 0 Å². The molecule has 1 saturated heterocycles. The minimum absolute atomic E-state index is 0.00636. The zero-order chi connectivity index (χ0) is 25.8. The fourth-order valence-corrected chi connectivity index (χ4v) is 4.03. The standard InChI is InChI=1S/C20H22N4O2S.2C2H4O2/c1-13-2-3-16-17(8-13)24-20(23-16)27-12-19(25)22-18-11-26-10-15(18)9-14-4-6-21-7-5-14;2*1-2(3)4/h2-8,15,18H,9-12H2,1H3,(H,22,25)(H,23,24);2*1H3,(H,3,4)/t15-,18-;;/m1../s1. The van der Waals surface area contributed by atoms with Gasteiger partial charge in [0, 0.05) is 32.2 Å². The number of aliphatic carboxylic acids is 2. The Hall–Kier alpha value is -3.44. The molecule has 11 heteroatoms. The van der Waals surface area contributed by atoms with E-state index in [2.05, 4.69) is 26.3 Å². The topological polar surface area (TPSA) is 154 Å². The Bertz CT molecular complexity index is 1100. The van der Waals surface area contributed by atoms with Gasteiger partial charge in [-0.1, -0.05) is 17.8 Å². The molecule has 0 aliphatic carbocycles. The van der Waals surface area contributed by atoms with Crippen molar-refractivity contribution in [2.24, 2.45) is 5.92 Å². The van der Waals surface area contributed by atoms with Crippen LogP contribution in [0.2, 0.25) is 0 Å². The summed E-state index contributed by atoms with van der Waals surface area (Å²) in [6, 6.07) is 10.2. The molecule has 4 N–H and O–H groups in total. The van der Waals surface area contributed by atoms with E-state index in [0.717, 1.165) is 36.5 Å². The van der Waals surface area contributed by atoms with Crippen molar-refractivity contribution in [1.82, 2.24) is 20.3 Å². The van der Waals surface area contributed by atoms with Gasteiger partial charge in [0.1, 0.15) is 0 Å². The molecule has 0 saturated carbocycles. The van der Waals surface area contributed by atoms with Crippen LogP contribution < -0.4 is 5.32 Å². The summed E-state index contributed by atoms with van der Waals surface area (Å²) in [7, 11) is 0. The lowest BCUT2D eigenvalue weighted by Crippen LogP contribution is -2.41. The first-order valence-corrected chi connectivity index (χ1v) is 11.9. The monoisotopic (exact) mass is 502 g/mol. The number of aromatic amines is 1. The van der Waals surface area contributed by atoms with Gasteiger partial charge < -0.3 is 25.3 Å². The number of carboxylic acid groups (broad SMARTS) is 2. The molecular weight excluding hydrogens is 472 g/mol. The highest BCUT2D eigenvalue weighted by atomic mass is 32.2. The lowest BCUT2D eigenvalue weighted by Gasteiger charge is -2.19. The number of nitrogens with one attached hydrogen (secondary N) is 2. The number of rotatable bonds is 6. The first kappa shape index (κ1) is 27.8. The van der Waals surface area contributed by atoms with Crippen molar-refractivity contribution in [3.05, 3.63) is 53.9 Å². The van der Waals surface area contributed by atoms with E-state index < -0.39 is 11.9 Å². The van der Waals surface area contributed by atoms with Crippen LogP contribution in [0.3, 0.4) is 0 Å². The van der Waals surface area contributed by atoms with Gasteiger partial charge >= 0.3 is 0 Å². The first-order chi connectivity index (χ1) is 16.6. The number of pyridine rings is 1. The van der Waals surface area contributed by atoms with Crippen molar-refractivity contribution in [2.75, 3.05) is 19.0 Å². The highest BCUT2D eigenvalue weighted by molar-refractivity contribution is 7.99. The highest BCUT2D eigenvalue weighted by Gasteiger charge is 2.29. The van der Waals surface area contributed by atoms with Crippen LogP contribution in [0.15, 0.2) is 47.9 Å². The number of amides is 1. The van der Waals surface area contributed by atoms with Gasteiger partial charge in [0.15, 0.2) is 5.16 Å². The first-order valence-electron chi connectivity index (χ1n) is 10.9. The third kappa shape index (κ3) is 10.6. The summed E-state index contributed by atoms with van der Waals surface area (Å²) in [5.74, 6) is -1.04. The minimum Gasteiger partial charge on any atom is -0.481 e. The molecule has 1 aliphatic heterocycles. The smallest absolute Gasteiger partial charge is 0.300 e. The van der Waals surface area contributed by atoms with Crippen LogP contribution in [-0.2, 0) is 25.5 Å². The molecule has 4 rings (SSSR count). The second-order valence-electron chi connectivity index (χ2n) is 7.92. The molecule has 35 heavy (non-hydrogen) atoms. The Kier molecular flexibility index (Phi) is 11.2. The zero-order valence-corrected chi connectivity index (χ0v) is 20.7. The van der Waals surface area contributed by atoms with Crippen molar-refractivity contribution in [1.29, 1.82) is 0 Å². The lowest BCUT2D eigenvalue weighted by molar-refractivity contribution is -0.135. The molecule has 2 aromatic heterocycles. The van der Waals surface area contributed by atoms with E-state index in [1.807, 2.05) is 31.2 Å². The van der Waals surface area contributed by atoms with Crippen LogP contribution in [0, 0.1) is 12.8 Å². The van der Waals surface area contributed by atoms with Crippen molar-refractivity contribution < 1.29 is 29.3 Å². The average molecular weight is 503 g/mol. The summed E-state index contributed by atoms with van der Waals surface area (Å²) in [5.41, 5.74) is 4.32. The summed E-state index contributed by atoms with van der Waals surface area (Å²) in [6.45, 7) is 5.45. The number of benzene rings is 1. The number of aromatic nitrogens is 3. The van der Waals surface area contributed by atoms with Gasteiger partial charge in [-0.05, 0) is 48.7 Å². The van der Waals surface area contributed by atoms with Gasteiger partial charge in [0.25, 0.3) is 11.9 Å². The molecule has 3 heterocycles. The maximum atomic E-state index is 12.4.